The first kappa shape index (κ1) is 33.0. The summed E-state index contributed by atoms with van der Waals surface area (Å²) in [6, 6.07) is 82.0. The first-order valence-corrected chi connectivity index (χ1v) is 19.7. The van der Waals surface area contributed by atoms with E-state index in [1.165, 1.54) is 83.6 Å². The average molecular weight is 725 g/mol. The molecule has 0 aliphatic carbocycles. The molecule has 9 aromatic rings. The normalized spacial score (nSPS) is 12.5. The van der Waals surface area contributed by atoms with Crippen LogP contribution in [-0.2, 0) is 0 Å². The Labute approximate surface area is 334 Å². The van der Waals surface area contributed by atoms with Crippen molar-refractivity contribution in [1.82, 2.24) is 0 Å². The molecular weight excluding hydrogens is 687 g/mol. The van der Waals surface area contributed by atoms with Gasteiger partial charge in [0, 0.05) is 34.1 Å². The molecule has 0 bridgehead atoms. The first-order chi connectivity index (χ1) is 28.3. The van der Waals surface area contributed by atoms with Crippen LogP contribution in [0.2, 0.25) is 0 Å². The Hall–Kier alpha value is -7.36. The van der Waals surface area contributed by atoms with Crippen LogP contribution in [0.4, 0.5) is 34.1 Å². The Morgan fingerprint density at radius 1 is 0.281 bits per heavy atom. The van der Waals surface area contributed by atoms with Gasteiger partial charge < -0.3 is 9.80 Å². The quantitative estimate of drug-likeness (QED) is 0.158. The fourth-order valence-corrected chi connectivity index (χ4v) is 9.20. The fourth-order valence-electron chi connectivity index (χ4n) is 9.20. The topological polar surface area (TPSA) is 6.48 Å². The maximum atomic E-state index is 2.52. The highest BCUT2D eigenvalue weighted by molar-refractivity contribution is 7.00. The molecule has 2 nitrogen and oxygen atoms in total. The minimum atomic E-state index is 0.0352. The lowest BCUT2D eigenvalue weighted by atomic mass is 9.33. The van der Waals surface area contributed by atoms with Gasteiger partial charge in [-0.1, -0.05) is 176 Å². The van der Waals surface area contributed by atoms with Gasteiger partial charge in [0.15, 0.2) is 0 Å². The van der Waals surface area contributed by atoms with Gasteiger partial charge in [-0.3, -0.25) is 0 Å². The van der Waals surface area contributed by atoms with E-state index in [1.54, 1.807) is 0 Å². The van der Waals surface area contributed by atoms with E-state index in [0.717, 1.165) is 11.4 Å². The van der Waals surface area contributed by atoms with Crippen LogP contribution < -0.4 is 26.2 Å². The molecule has 0 saturated carbocycles. The van der Waals surface area contributed by atoms with Crippen LogP contribution in [0.15, 0.2) is 224 Å². The third-order valence-corrected chi connectivity index (χ3v) is 11.6. The summed E-state index contributed by atoms with van der Waals surface area (Å²) in [4.78, 5) is 4.99. The van der Waals surface area contributed by atoms with Crippen LogP contribution in [-0.4, -0.2) is 6.71 Å². The van der Waals surface area contributed by atoms with Crippen molar-refractivity contribution in [2.45, 2.75) is 0 Å². The molecule has 0 aromatic heterocycles. The molecule has 2 aliphatic heterocycles. The largest absolute Gasteiger partial charge is 0.311 e. The number of fused-ring (bicyclic) bond motifs is 4. The van der Waals surface area contributed by atoms with Crippen LogP contribution in [0, 0.1) is 0 Å². The molecule has 0 N–H and O–H groups in total. The summed E-state index contributed by atoms with van der Waals surface area (Å²) in [5.74, 6) is 0. The van der Waals surface area contributed by atoms with Crippen LogP contribution >= 0.6 is 0 Å². The lowest BCUT2D eigenvalue weighted by molar-refractivity contribution is 1.25. The Kier molecular flexibility index (Phi) is 7.96. The molecule has 9 aromatic carbocycles. The van der Waals surface area contributed by atoms with E-state index in [9.17, 15) is 0 Å². The number of benzene rings is 9. The van der Waals surface area contributed by atoms with E-state index in [4.69, 9.17) is 0 Å². The third-order valence-electron chi connectivity index (χ3n) is 11.6. The molecule has 0 atom stereocenters. The summed E-state index contributed by atoms with van der Waals surface area (Å²) >= 11 is 0. The highest BCUT2D eigenvalue weighted by atomic mass is 15.2. The molecule has 0 saturated heterocycles. The summed E-state index contributed by atoms with van der Waals surface area (Å²) in [5.41, 5.74) is 20.6. The molecule has 57 heavy (non-hydrogen) atoms. The Morgan fingerprint density at radius 3 is 1.33 bits per heavy atom. The number of para-hydroxylation sites is 2. The van der Waals surface area contributed by atoms with Gasteiger partial charge in [0.2, 0.25) is 0 Å². The van der Waals surface area contributed by atoms with Gasteiger partial charge in [-0.15, -0.1) is 0 Å². The van der Waals surface area contributed by atoms with Crippen molar-refractivity contribution in [3.05, 3.63) is 224 Å². The van der Waals surface area contributed by atoms with Crippen molar-refractivity contribution in [3.8, 4) is 44.5 Å². The van der Waals surface area contributed by atoms with Gasteiger partial charge in [0.05, 0.1) is 0 Å². The van der Waals surface area contributed by atoms with E-state index in [2.05, 4.69) is 234 Å². The zero-order chi connectivity index (χ0) is 37.7. The van der Waals surface area contributed by atoms with Gasteiger partial charge in [0.1, 0.15) is 0 Å². The number of nitrogens with zero attached hydrogens (tertiary/aromatic N) is 2. The molecule has 2 aliphatic rings. The van der Waals surface area contributed by atoms with Crippen LogP contribution in [0.1, 0.15) is 0 Å². The van der Waals surface area contributed by atoms with E-state index >= 15 is 0 Å². The minimum absolute atomic E-state index is 0.0352. The summed E-state index contributed by atoms with van der Waals surface area (Å²) in [5, 5.41) is 0. The first-order valence-electron chi connectivity index (χ1n) is 19.7. The third kappa shape index (κ3) is 5.51. The Bertz CT molecular complexity index is 2830. The molecule has 11 rings (SSSR count). The Balaban J connectivity index is 1.21. The molecule has 0 amide bonds. The van der Waals surface area contributed by atoms with Gasteiger partial charge in [-0.05, 0) is 109 Å². The number of hydrogen-bond donors (Lipinski definition) is 0. The molecule has 0 unspecified atom stereocenters. The van der Waals surface area contributed by atoms with Crippen molar-refractivity contribution in [3.63, 3.8) is 0 Å². The van der Waals surface area contributed by atoms with Crippen LogP contribution in [0.5, 0.6) is 0 Å². The SMILES string of the molecule is c1ccc(-c2ccc3c(c2)B2c4ccccc4N(c4cc(-c5ccccc5)c(-c5ccccc5)c(-c5ccccc5)c4)c4cccc(c42)N3c2ccccc2)cc1. The molecule has 0 fully saturated rings. The van der Waals surface area contributed by atoms with Gasteiger partial charge in [-0.2, -0.15) is 0 Å². The van der Waals surface area contributed by atoms with Crippen molar-refractivity contribution in [1.29, 1.82) is 0 Å². The second-order valence-corrected chi connectivity index (χ2v) is 14.9. The van der Waals surface area contributed by atoms with Crippen LogP contribution in [0.3, 0.4) is 0 Å². The molecule has 0 radical (unpaired) electrons. The summed E-state index contributed by atoms with van der Waals surface area (Å²) < 4.78 is 0. The lowest BCUT2D eigenvalue weighted by Gasteiger charge is -2.44. The maximum Gasteiger partial charge on any atom is 0.252 e. The van der Waals surface area contributed by atoms with Gasteiger partial charge >= 0.3 is 0 Å². The van der Waals surface area contributed by atoms with Crippen molar-refractivity contribution in [2.75, 3.05) is 9.80 Å². The standard InChI is InChI=1S/C54H37BN2/c1-6-19-38(20-7-1)42-33-34-50-48(35-42)55-47-29-16-17-30-49(47)57(52-32-18-31-51(54(52)55)56(50)43-27-14-5-15-28-43)44-36-45(39-21-8-2-9-22-39)53(41-25-12-4-13-26-41)46(37-44)40-23-10-3-11-24-40/h1-37H. The van der Waals surface area contributed by atoms with Crippen molar-refractivity contribution in [2.24, 2.45) is 0 Å². The maximum absolute atomic E-state index is 2.52. The van der Waals surface area contributed by atoms with Gasteiger partial charge in [0.25, 0.3) is 6.71 Å². The number of hydrogen-bond acceptors (Lipinski definition) is 2. The average Bonchev–Trinajstić information content (AvgIpc) is 3.30. The molecule has 2 heterocycles. The highest BCUT2D eigenvalue weighted by Gasteiger charge is 2.43. The monoisotopic (exact) mass is 724 g/mol. The summed E-state index contributed by atoms with van der Waals surface area (Å²) in [6.07, 6.45) is 0. The number of rotatable bonds is 6. The predicted octanol–water partition coefficient (Wildman–Crippen LogP) is 12.4. The summed E-state index contributed by atoms with van der Waals surface area (Å²) in [7, 11) is 0. The zero-order valence-electron chi connectivity index (χ0n) is 31.3. The van der Waals surface area contributed by atoms with E-state index < -0.39 is 0 Å². The highest BCUT2D eigenvalue weighted by Crippen LogP contribution is 2.48. The predicted molar refractivity (Wildman–Crippen MR) is 242 cm³/mol. The van der Waals surface area contributed by atoms with E-state index in [-0.39, 0.29) is 6.71 Å². The second kappa shape index (κ2) is 13.7. The van der Waals surface area contributed by atoms with E-state index in [1.807, 2.05) is 0 Å². The van der Waals surface area contributed by atoms with Gasteiger partial charge in [-0.25, -0.2) is 0 Å². The molecular formula is C54H37BN2. The summed E-state index contributed by atoms with van der Waals surface area (Å²) in [6.45, 7) is 0.0352. The lowest BCUT2D eigenvalue weighted by Crippen LogP contribution is -2.61. The van der Waals surface area contributed by atoms with Crippen molar-refractivity contribution >= 4 is 57.2 Å². The van der Waals surface area contributed by atoms with Crippen LogP contribution in [0.25, 0.3) is 44.5 Å². The minimum Gasteiger partial charge on any atom is -0.311 e. The van der Waals surface area contributed by atoms with E-state index in [0.29, 0.717) is 0 Å². The molecule has 3 heteroatoms. The smallest absolute Gasteiger partial charge is 0.252 e. The Morgan fingerprint density at radius 2 is 0.737 bits per heavy atom. The zero-order valence-corrected chi connectivity index (χ0v) is 31.3. The molecule has 0 spiro atoms. The second-order valence-electron chi connectivity index (χ2n) is 14.9. The number of anilines is 6. The molecule has 266 valence electrons. The van der Waals surface area contributed by atoms with Crippen molar-refractivity contribution < 1.29 is 0 Å². The fraction of sp³-hybridized carbons (Fsp3) is 0.